The van der Waals surface area contributed by atoms with E-state index in [1.54, 1.807) is 6.92 Å². The van der Waals surface area contributed by atoms with Gasteiger partial charge in [0.1, 0.15) is 12.2 Å². The number of aryl methyl sites for hydroxylation is 1. The molecule has 2 heterocycles. The Kier molecular flexibility index (Phi) is 4.43. The van der Waals surface area contributed by atoms with E-state index in [1.807, 2.05) is 0 Å². The number of aliphatic hydroxyl groups excluding tert-OH is 1. The third kappa shape index (κ3) is 2.83. The average molecular weight is 297 g/mol. The van der Waals surface area contributed by atoms with Crippen molar-refractivity contribution in [1.29, 1.82) is 0 Å². The highest BCUT2D eigenvalue weighted by Crippen LogP contribution is 2.30. The Morgan fingerprint density at radius 3 is 2.95 bits per heavy atom. The second kappa shape index (κ2) is 6.10. The minimum Gasteiger partial charge on any atom is -0.388 e. The van der Waals surface area contributed by atoms with Gasteiger partial charge in [0.05, 0.1) is 12.6 Å². The van der Waals surface area contributed by atoms with Gasteiger partial charge in [-0.15, -0.1) is 0 Å². The van der Waals surface area contributed by atoms with Crippen LogP contribution in [0.1, 0.15) is 11.8 Å². The van der Waals surface area contributed by atoms with Crippen LogP contribution >= 0.6 is 0 Å². The van der Waals surface area contributed by atoms with E-state index in [0.29, 0.717) is 5.56 Å². The van der Waals surface area contributed by atoms with E-state index in [2.05, 4.69) is 15.0 Å². The van der Waals surface area contributed by atoms with E-state index >= 15 is 0 Å². The van der Waals surface area contributed by atoms with Crippen LogP contribution in [0, 0.1) is 6.92 Å². The van der Waals surface area contributed by atoms with E-state index in [1.165, 1.54) is 13.3 Å². The van der Waals surface area contributed by atoms with Crippen LogP contribution in [0.4, 0.5) is 0 Å². The molecule has 0 spiro atoms. The molecule has 10 nitrogen and oxygen atoms in total. The highest BCUT2D eigenvalue weighted by molar-refractivity contribution is 5.03. The summed E-state index contributed by atoms with van der Waals surface area (Å²) in [6.07, 6.45) is -2.28. The molecule has 2 N–H and O–H groups in total. The fraction of sp³-hybridized carbons (Fsp3) is 0.636. The Morgan fingerprint density at radius 2 is 2.33 bits per heavy atom. The first-order valence-electron chi connectivity index (χ1n) is 6.18. The zero-order valence-electron chi connectivity index (χ0n) is 11.5. The lowest BCUT2D eigenvalue weighted by atomic mass is 10.1. The maximum absolute atomic E-state index is 11.9. The molecule has 10 heteroatoms. The SMILES string of the molecule is COC1[C@H](n2cc(C)c(=O)[nH]c2=O)O[C@H](CN=[N+]=[N-])[C@H]1O. The number of nitrogens with one attached hydrogen (secondary N) is 1. The summed E-state index contributed by atoms with van der Waals surface area (Å²) in [5, 5.41) is 13.5. The molecule has 0 amide bonds. The summed E-state index contributed by atoms with van der Waals surface area (Å²) >= 11 is 0. The van der Waals surface area contributed by atoms with E-state index in [9.17, 15) is 14.7 Å². The van der Waals surface area contributed by atoms with Crippen molar-refractivity contribution in [1.82, 2.24) is 9.55 Å². The summed E-state index contributed by atoms with van der Waals surface area (Å²) in [5.41, 5.74) is 7.48. The van der Waals surface area contributed by atoms with Crippen LogP contribution in [-0.4, -0.2) is 46.6 Å². The van der Waals surface area contributed by atoms with Gasteiger partial charge in [0.15, 0.2) is 6.23 Å². The second-order valence-corrected chi connectivity index (χ2v) is 4.65. The van der Waals surface area contributed by atoms with Gasteiger partial charge >= 0.3 is 5.69 Å². The van der Waals surface area contributed by atoms with E-state index in [4.69, 9.17) is 15.0 Å². The Morgan fingerprint density at radius 1 is 1.62 bits per heavy atom. The van der Waals surface area contributed by atoms with Crippen LogP contribution in [0.15, 0.2) is 20.9 Å². The molecule has 114 valence electrons. The predicted molar refractivity (Wildman–Crippen MR) is 70.8 cm³/mol. The topological polar surface area (TPSA) is 142 Å². The molecule has 21 heavy (non-hydrogen) atoms. The molecule has 0 aliphatic carbocycles. The molecule has 1 saturated heterocycles. The normalized spacial score (nSPS) is 28.3. The molecule has 1 fully saturated rings. The number of azide groups is 1. The minimum atomic E-state index is -1.07. The van der Waals surface area contributed by atoms with Gasteiger partial charge in [-0.05, 0) is 12.5 Å². The highest BCUT2D eigenvalue weighted by atomic mass is 16.6. The lowest BCUT2D eigenvalue weighted by Crippen LogP contribution is -2.39. The van der Waals surface area contributed by atoms with Gasteiger partial charge in [0.2, 0.25) is 0 Å². The van der Waals surface area contributed by atoms with Crippen molar-refractivity contribution in [3.63, 3.8) is 0 Å². The summed E-state index contributed by atoms with van der Waals surface area (Å²) in [4.78, 5) is 28.0. The molecule has 1 aliphatic rings. The molecule has 1 aliphatic heterocycles. The molecular formula is C11H15N5O5. The first-order valence-corrected chi connectivity index (χ1v) is 6.18. The Hall–Kier alpha value is -2.13. The summed E-state index contributed by atoms with van der Waals surface area (Å²) in [7, 11) is 1.36. The minimum absolute atomic E-state index is 0.0922. The molecule has 0 aromatic carbocycles. The third-order valence-electron chi connectivity index (χ3n) is 3.33. The Labute approximate surface area is 118 Å². The summed E-state index contributed by atoms with van der Waals surface area (Å²) in [6, 6.07) is 0. The van der Waals surface area contributed by atoms with E-state index < -0.39 is 35.8 Å². The number of rotatable bonds is 4. The fourth-order valence-electron chi connectivity index (χ4n) is 2.24. The van der Waals surface area contributed by atoms with Crippen molar-refractivity contribution < 1.29 is 14.6 Å². The maximum Gasteiger partial charge on any atom is 0.330 e. The van der Waals surface area contributed by atoms with Crippen LogP contribution < -0.4 is 11.2 Å². The number of hydrogen-bond donors (Lipinski definition) is 2. The van der Waals surface area contributed by atoms with Crippen LogP contribution in [0.3, 0.4) is 0 Å². The molecule has 4 atom stereocenters. The van der Waals surface area contributed by atoms with Gasteiger partial charge in [0, 0.05) is 23.8 Å². The zero-order chi connectivity index (χ0) is 15.6. The Bertz CT molecular complexity index is 676. The predicted octanol–water partition coefficient (Wildman–Crippen LogP) is -0.571. The molecule has 0 radical (unpaired) electrons. The number of ether oxygens (including phenoxy) is 2. The zero-order valence-corrected chi connectivity index (χ0v) is 11.5. The first kappa shape index (κ1) is 15.3. The monoisotopic (exact) mass is 297 g/mol. The molecule has 0 bridgehead atoms. The number of methoxy groups -OCH3 is 1. The number of H-pyrrole nitrogens is 1. The summed E-state index contributed by atoms with van der Waals surface area (Å²) < 4.78 is 11.8. The quantitative estimate of drug-likeness (QED) is 0.434. The van der Waals surface area contributed by atoms with E-state index in [0.717, 1.165) is 4.57 Å². The summed E-state index contributed by atoms with van der Waals surface area (Å²) in [5.74, 6) is 0. The van der Waals surface area contributed by atoms with Crippen LogP contribution in [-0.2, 0) is 9.47 Å². The van der Waals surface area contributed by atoms with Gasteiger partial charge in [-0.2, -0.15) is 0 Å². The number of nitrogens with zero attached hydrogens (tertiary/aromatic N) is 4. The van der Waals surface area contributed by atoms with Crippen molar-refractivity contribution in [3.8, 4) is 0 Å². The molecule has 2 rings (SSSR count). The van der Waals surface area contributed by atoms with Gasteiger partial charge in [0.25, 0.3) is 5.56 Å². The molecule has 0 saturated carbocycles. The maximum atomic E-state index is 11.9. The molecular weight excluding hydrogens is 282 g/mol. The van der Waals surface area contributed by atoms with Crippen molar-refractivity contribution >= 4 is 0 Å². The molecule has 1 aromatic rings. The van der Waals surface area contributed by atoms with Crippen LogP contribution in [0.5, 0.6) is 0 Å². The van der Waals surface area contributed by atoms with Crippen molar-refractivity contribution in [2.45, 2.75) is 31.5 Å². The van der Waals surface area contributed by atoms with Gasteiger partial charge in [-0.3, -0.25) is 14.3 Å². The number of aromatic amines is 1. The smallest absolute Gasteiger partial charge is 0.330 e. The standard InChI is InChI=1S/C11H15N5O5/c1-5-4-16(11(19)14-9(5)18)10-8(20-2)7(17)6(21-10)3-13-15-12/h4,6-8,10,17H,3H2,1-2H3,(H,14,18,19)/t6-,7-,8?,10-/m1/s1. The fourth-order valence-corrected chi connectivity index (χ4v) is 2.24. The van der Waals surface area contributed by atoms with Gasteiger partial charge in [-0.1, -0.05) is 5.11 Å². The number of aliphatic hydroxyl groups is 1. The lowest BCUT2D eigenvalue weighted by molar-refractivity contribution is -0.0527. The average Bonchev–Trinajstić information content (AvgIpc) is 2.76. The van der Waals surface area contributed by atoms with Gasteiger partial charge < -0.3 is 14.6 Å². The van der Waals surface area contributed by atoms with Gasteiger partial charge in [-0.25, -0.2) is 4.79 Å². The number of hydrogen-bond acceptors (Lipinski definition) is 6. The molecule has 1 aromatic heterocycles. The lowest BCUT2D eigenvalue weighted by Gasteiger charge is -2.20. The Balaban J connectivity index is 2.38. The first-order chi connectivity index (χ1) is 9.99. The van der Waals surface area contributed by atoms with E-state index in [-0.39, 0.29) is 6.54 Å². The second-order valence-electron chi connectivity index (χ2n) is 4.65. The number of aromatic nitrogens is 2. The summed E-state index contributed by atoms with van der Waals surface area (Å²) in [6.45, 7) is 1.45. The van der Waals surface area contributed by atoms with Crippen molar-refractivity contribution in [2.24, 2.45) is 5.11 Å². The van der Waals surface area contributed by atoms with Crippen molar-refractivity contribution in [2.75, 3.05) is 13.7 Å². The molecule has 1 unspecified atom stereocenters. The van der Waals surface area contributed by atoms with Crippen LogP contribution in [0.2, 0.25) is 0 Å². The largest absolute Gasteiger partial charge is 0.388 e. The van der Waals surface area contributed by atoms with Crippen molar-refractivity contribution in [3.05, 3.63) is 43.0 Å². The van der Waals surface area contributed by atoms with Crippen LogP contribution in [0.25, 0.3) is 10.4 Å². The highest BCUT2D eigenvalue weighted by Gasteiger charge is 2.45. The third-order valence-corrected chi connectivity index (χ3v) is 3.33.